The van der Waals surface area contributed by atoms with Gasteiger partial charge in [-0.2, -0.15) is 0 Å². The molecule has 29 heavy (non-hydrogen) atoms. The summed E-state index contributed by atoms with van der Waals surface area (Å²) in [6.07, 6.45) is 3.63. The van der Waals surface area contributed by atoms with E-state index in [4.69, 9.17) is 4.42 Å². The summed E-state index contributed by atoms with van der Waals surface area (Å²) < 4.78 is 5.07. The fourth-order valence-electron chi connectivity index (χ4n) is 3.62. The van der Waals surface area contributed by atoms with Gasteiger partial charge in [-0.1, -0.05) is 0 Å². The first-order valence-corrected chi connectivity index (χ1v) is 10.7. The largest absolute Gasteiger partial charge is 0.459 e. The zero-order valence-electron chi connectivity index (χ0n) is 16.1. The van der Waals surface area contributed by atoms with Crippen molar-refractivity contribution in [3.8, 4) is 0 Å². The maximum atomic E-state index is 12.8. The Morgan fingerprint density at radius 2 is 1.72 bits per heavy atom. The highest BCUT2D eigenvalue weighted by atomic mass is 32.1. The molecule has 154 valence electrons. The van der Waals surface area contributed by atoms with E-state index in [0.717, 1.165) is 25.9 Å². The molecule has 0 radical (unpaired) electrons. The molecule has 0 aliphatic carbocycles. The Morgan fingerprint density at radius 1 is 0.966 bits per heavy atom. The Balaban J connectivity index is 1.27. The van der Waals surface area contributed by atoms with Crippen molar-refractivity contribution in [2.24, 2.45) is 0 Å². The van der Waals surface area contributed by atoms with E-state index in [1.54, 1.807) is 29.2 Å². The summed E-state index contributed by atoms with van der Waals surface area (Å²) in [5, 5.41) is 3.34. The van der Waals surface area contributed by atoms with Crippen molar-refractivity contribution in [1.82, 2.24) is 14.7 Å². The lowest BCUT2D eigenvalue weighted by molar-refractivity contribution is -0.131. The molecule has 1 N–H and O–H groups in total. The number of likely N-dealkylation sites (tertiary alicyclic amines) is 1. The number of amides is 3. The van der Waals surface area contributed by atoms with Crippen LogP contribution < -0.4 is 5.32 Å². The highest BCUT2D eigenvalue weighted by Gasteiger charge is 2.26. The van der Waals surface area contributed by atoms with Crippen molar-refractivity contribution in [3.63, 3.8) is 0 Å². The number of hydrogen-bond donors (Lipinski definition) is 1. The van der Waals surface area contributed by atoms with Crippen molar-refractivity contribution in [3.05, 3.63) is 41.2 Å². The molecule has 0 spiro atoms. The van der Waals surface area contributed by atoms with E-state index < -0.39 is 0 Å². The van der Waals surface area contributed by atoms with Gasteiger partial charge in [0.15, 0.2) is 5.76 Å². The minimum absolute atomic E-state index is 0.0426. The molecule has 4 rings (SSSR count). The molecular weight excluding hydrogens is 392 g/mol. The molecule has 0 atom stereocenters. The van der Waals surface area contributed by atoms with Crippen LogP contribution in [0.1, 0.15) is 33.1 Å². The summed E-state index contributed by atoms with van der Waals surface area (Å²) in [6.45, 7) is 4.75. The van der Waals surface area contributed by atoms with Crippen LogP contribution in [-0.4, -0.2) is 78.2 Å². The van der Waals surface area contributed by atoms with E-state index in [9.17, 15) is 14.4 Å². The minimum atomic E-state index is -0.341. The van der Waals surface area contributed by atoms with Gasteiger partial charge in [0.05, 0.1) is 22.7 Å². The third-order valence-corrected chi connectivity index (χ3v) is 6.26. The Bertz CT molecular complexity index is 865. The monoisotopic (exact) mass is 416 g/mol. The quantitative estimate of drug-likeness (QED) is 0.806. The van der Waals surface area contributed by atoms with E-state index in [1.165, 1.54) is 17.6 Å². The number of nitrogens with zero attached hydrogens (tertiary/aromatic N) is 3. The van der Waals surface area contributed by atoms with Gasteiger partial charge in [-0.3, -0.25) is 19.3 Å². The lowest BCUT2D eigenvalue weighted by Gasteiger charge is -2.34. The molecule has 2 aliphatic rings. The lowest BCUT2D eigenvalue weighted by atomic mass is 10.3. The van der Waals surface area contributed by atoms with E-state index in [2.05, 4.69) is 10.2 Å². The summed E-state index contributed by atoms with van der Waals surface area (Å²) in [7, 11) is 0. The molecule has 2 aromatic rings. The topological polar surface area (TPSA) is 86.1 Å². The van der Waals surface area contributed by atoms with Gasteiger partial charge in [-0.15, -0.1) is 11.3 Å². The minimum Gasteiger partial charge on any atom is -0.459 e. The van der Waals surface area contributed by atoms with E-state index in [1.807, 2.05) is 4.90 Å². The zero-order valence-corrected chi connectivity index (χ0v) is 17.0. The van der Waals surface area contributed by atoms with E-state index in [-0.39, 0.29) is 23.5 Å². The van der Waals surface area contributed by atoms with Crippen LogP contribution in [0.25, 0.3) is 0 Å². The van der Waals surface area contributed by atoms with Gasteiger partial charge in [-0.25, -0.2) is 0 Å². The fourth-order valence-corrected chi connectivity index (χ4v) is 4.49. The fraction of sp³-hybridized carbons (Fsp3) is 0.450. The molecular formula is C20H24N4O4S. The van der Waals surface area contributed by atoms with Crippen LogP contribution in [0.15, 0.2) is 34.9 Å². The predicted octanol–water partition coefficient (Wildman–Crippen LogP) is 1.97. The third-order valence-electron chi connectivity index (χ3n) is 5.28. The van der Waals surface area contributed by atoms with Crippen LogP contribution in [-0.2, 0) is 4.79 Å². The third kappa shape index (κ3) is 4.68. The second-order valence-corrected chi connectivity index (χ2v) is 8.34. The smallest absolute Gasteiger partial charge is 0.291 e. The molecule has 0 bridgehead atoms. The number of furan rings is 1. The van der Waals surface area contributed by atoms with Gasteiger partial charge >= 0.3 is 0 Å². The van der Waals surface area contributed by atoms with Gasteiger partial charge in [0.2, 0.25) is 5.91 Å². The van der Waals surface area contributed by atoms with Gasteiger partial charge in [0, 0.05) is 39.3 Å². The maximum absolute atomic E-state index is 12.8. The van der Waals surface area contributed by atoms with Crippen LogP contribution in [0.3, 0.4) is 0 Å². The molecule has 9 heteroatoms. The van der Waals surface area contributed by atoms with Crippen LogP contribution >= 0.6 is 11.3 Å². The zero-order chi connectivity index (χ0) is 20.2. The molecule has 0 saturated carbocycles. The first-order valence-electron chi connectivity index (χ1n) is 9.84. The van der Waals surface area contributed by atoms with Crippen molar-refractivity contribution in [2.75, 3.05) is 51.1 Å². The first-order chi connectivity index (χ1) is 14.1. The molecule has 0 unspecified atom stereocenters. The van der Waals surface area contributed by atoms with Crippen LogP contribution in [0.4, 0.5) is 5.00 Å². The number of carbonyl (C=O) groups is 3. The average molecular weight is 417 g/mol. The van der Waals surface area contributed by atoms with Crippen molar-refractivity contribution in [1.29, 1.82) is 0 Å². The van der Waals surface area contributed by atoms with Crippen LogP contribution in [0, 0.1) is 0 Å². The van der Waals surface area contributed by atoms with E-state index in [0.29, 0.717) is 42.6 Å². The maximum Gasteiger partial charge on any atom is 0.291 e. The van der Waals surface area contributed by atoms with Gasteiger partial charge in [-0.05, 0) is 37.1 Å². The Kier molecular flexibility index (Phi) is 5.96. The molecule has 0 aromatic carbocycles. The molecule has 3 amide bonds. The number of anilines is 1. The number of thiophene rings is 1. The SMILES string of the molecule is O=C(Nc1ccc(C(=O)N2CCN(CC(=O)N3CCCC3)CC2)s1)c1ccco1. The summed E-state index contributed by atoms with van der Waals surface area (Å²) >= 11 is 1.25. The van der Waals surface area contributed by atoms with E-state index >= 15 is 0 Å². The number of rotatable bonds is 5. The Hall–Kier alpha value is -2.65. The lowest BCUT2D eigenvalue weighted by Crippen LogP contribution is -2.51. The highest BCUT2D eigenvalue weighted by Crippen LogP contribution is 2.24. The number of piperazine rings is 1. The second kappa shape index (κ2) is 8.79. The number of nitrogens with one attached hydrogen (secondary N) is 1. The first kappa shape index (κ1) is 19.7. The number of hydrogen-bond acceptors (Lipinski definition) is 6. The van der Waals surface area contributed by atoms with Crippen molar-refractivity contribution >= 4 is 34.1 Å². The van der Waals surface area contributed by atoms with Crippen LogP contribution in [0.2, 0.25) is 0 Å². The summed E-state index contributed by atoms with van der Waals surface area (Å²) in [5.74, 6) is 0.0366. The molecule has 2 saturated heterocycles. The highest BCUT2D eigenvalue weighted by molar-refractivity contribution is 7.18. The summed E-state index contributed by atoms with van der Waals surface area (Å²) in [6, 6.07) is 6.69. The summed E-state index contributed by atoms with van der Waals surface area (Å²) in [5.41, 5.74) is 0. The van der Waals surface area contributed by atoms with Gasteiger partial charge in [0.1, 0.15) is 0 Å². The normalized spacial score (nSPS) is 17.5. The average Bonchev–Trinajstić information content (AvgIpc) is 3.50. The standard InChI is InChI=1S/C20H24N4O4S/c25-18(23-7-1-2-8-23)14-22-9-11-24(12-10-22)20(27)16-5-6-17(29-16)21-19(26)15-4-3-13-28-15/h3-6,13H,1-2,7-12,14H2,(H,21,26). The van der Waals surface area contributed by atoms with Gasteiger partial charge < -0.3 is 19.5 Å². The van der Waals surface area contributed by atoms with Crippen LogP contribution in [0.5, 0.6) is 0 Å². The Labute approximate surface area is 173 Å². The second-order valence-electron chi connectivity index (χ2n) is 7.25. The molecule has 4 heterocycles. The van der Waals surface area contributed by atoms with Gasteiger partial charge in [0.25, 0.3) is 11.8 Å². The van der Waals surface area contributed by atoms with Crippen molar-refractivity contribution in [2.45, 2.75) is 12.8 Å². The van der Waals surface area contributed by atoms with Crippen molar-refractivity contribution < 1.29 is 18.8 Å². The molecule has 2 aliphatic heterocycles. The molecule has 2 fully saturated rings. The predicted molar refractivity (Wildman–Crippen MR) is 109 cm³/mol. The Morgan fingerprint density at radius 3 is 2.41 bits per heavy atom. The number of carbonyl (C=O) groups excluding carboxylic acids is 3. The molecule has 2 aromatic heterocycles. The summed E-state index contributed by atoms with van der Waals surface area (Å²) in [4.78, 5) is 43.6. The molecule has 8 nitrogen and oxygen atoms in total.